The molecule has 1 saturated heterocycles. The van der Waals surface area contributed by atoms with Gasteiger partial charge in [-0.05, 0) is 24.2 Å². The molecule has 0 saturated carbocycles. The maximum absolute atomic E-state index is 11.9. The molecule has 1 rings (SSSR count). The molecule has 1 amide bonds. The molecule has 2 N–H and O–H groups in total. The summed E-state index contributed by atoms with van der Waals surface area (Å²) in [7, 11) is 0. The van der Waals surface area contributed by atoms with Gasteiger partial charge < -0.3 is 20.1 Å². The molecule has 1 unspecified atom stereocenters. The molecule has 1 atom stereocenters. The summed E-state index contributed by atoms with van der Waals surface area (Å²) in [6.07, 6.45) is 1.27. The second kappa shape index (κ2) is 7.99. The maximum Gasteiger partial charge on any atom is 0.409 e. The van der Waals surface area contributed by atoms with E-state index < -0.39 is 0 Å². The lowest BCUT2D eigenvalue weighted by Gasteiger charge is -2.34. The van der Waals surface area contributed by atoms with Crippen LogP contribution in [-0.4, -0.2) is 54.5 Å². The normalized spacial score (nSPS) is 18.9. The minimum atomic E-state index is -0.355. The number of rotatable bonds is 5. The third-order valence-corrected chi connectivity index (χ3v) is 3.89. The van der Waals surface area contributed by atoms with Crippen molar-refractivity contribution in [1.29, 1.82) is 0 Å². The van der Waals surface area contributed by atoms with E-state index in [4.69, 9.17) is 4.74 Å². The molecule has 0 aromatic carbocycles. The first-order valence-electron chi connectivity index (χ1n) is 8.03. The van der Waals surface area contributed by atoms with E-state index in [0.717, 1.165) is 25.9 Å². The first-order valence-corrected chi connectivity index (χ1v) is 8.03. The molecule has 1 aliphatic rings. The molecule has 1 aliphatic heterocycles. The quantitative estimate of drug-likeness (QED) is 0.817. The first-order chi connectivity index (χ1) is 9.70. The van der Waals surface area contributed by atoms with Crippen molar-refractivity contribution in [2.45, 2.75) is 59.6 Å². The van der Waals surface area contributed by atoms with Crippen LogP contribution in [0.25, 0.3) is 0 Å². The van der Waals surface area contributed by atoms with Crippen LogP contribution in [-0.2, 0) is 4.74 Å². The van der Waals surface area contributed by atoms with Crippen LogP contribution in [0.15, 0.2) is 0 Å². The highest BCUT2D eigenvalue weighted by molar-refractivity contribution is 5.67. The predicted molar refractivity (Wildman–Crippen MR) is 84.2 cm³/mol. The van der Waals surface area contributed by atoms with Crippen LogP contribution in [0.5, 0.6) is 0 Å². The van der Waals surface area contributed by atoms with E-state index in [1.54, 1.807) is 4.90 Å². The van der Waals surface area contributed by atoms with Crippen LogP contribution < -0.4 is 5.32 Å². The fraction of sp³-hybridized carbons (Fsp3) is 0.938. The SMILES string of the molecule is CC(C)COC(=O)N1CCC(NCC(O)C(C)(C)C)CC1. The highest BCUT2D eigenvalue weighted by Gasteiger charge is 2.26. The van der Waals surface area contributed by atoms with Gasteiger partial charge in [0.1, 0.15) is 0 Å². The Kier molecular flexibility index (Phi) is 6.94. The Labute approximate surface area is 129 Å². The predicted octanol–water partition coefficient (Wildman–Crippen LogP) is 2.24. The van der Waals surface area contributed by atoms with Gasteiger partial charge in [0.2, 0.25) is 0 Å². The number of carbonyl (C=O) groups excluding carboxylic acids is 1. The smallest absolute Gasteiger partial charge is 0.409 e. The van der Waals surface area contributed by atoms with Gasteiger partial charge in [-0.15, -0.1) is 0 Å². The third kappa shape index (κ3) is 6.66. The van der Waals surface area contributed by atoms with Crippen molar-refractivity contribution in [3.05, 3.63) is 0 Å². The van der Waals surface area contributed by atoms with Crippen molar-refractivity contribution in [3.8, 4) is 0 Å². The number of hydrogen-bond donors (Lipinski definition) is 2. The van der Waals surface area contributed by atoms with Crippen LogP contribution in [0.3, 0.4) is 0 Å². The number of hydrogen-bond acceptors (Lipinski definition) is 4. The maximum atomic E-state index is 11.9. The molecule has 0 bridgehead atoms. The number of nitrogens with one attached hydrogen (secondary N) is 1. The zero-order valence-corrected chi connectivity index (χ0v) is 14.2. The van der Waals surface area contributed by atoms with E-state index in [9.17, 15) is 9.90 Å². The molecule has 0 radical (unpaired) electrons. The second-order valence-corrected chi connectivity index (χ2v) is 7.52. The van der Waals surface area contributed by atoms with E-state index in [1.807, 2.05) is 34.6 Å². The summed E-state index contributed by atoms with van der Waals surface area (Å²) >= 11 is 0. The summed E-state index contributed by atoms with van der Waals surface area (Å²) < 4.78 is 5.25. The molecular weight excluding hydrogens is 268 g/mol. The number of aliphatic hydroxyl groups is 1. The third-order valence-electron chi connectivity index (χ3n) is 3.89. The molecule has 1 fully saturated rings. The first kappa shape index (κ1) is 18.2. The topological polar surface area (TPSA) is 61.8 Å². The number of amides is 1. The molecule has 0 aromatic rings. The van der Waals surface area contributed by atoms with Crippen molar-refractivity contribution in [2.75, 3.05) is 26.2 Å². The van der Waals surface area contributed by atoms with Gasteiger partial charge in [-0.25, -0.2) is 4.79 Å². The Balaban J connectivity index is 2.24. The van der Waals surface area contributed by atoms with Crippen LogP contribution in [0, 0.1) is 11.3 Å². The van der Waals surface area contributed by atoms with E-state index in [0.29, 0.717) is 25.1 Å². The Bertz CT molecular complexity index is 318. The monoisotopic (exact) mass is 300 g/mol. The van der Waals surface area contributed by atoms with E-state index >= 15 is 0 Å². The van der Waals surface area contributed by atoms with Gasteiger partial charge in [-0.3, -0.25) is 0 Å². The number of likely N-dealkylation sites (tertiary alicyclic amines) is 1. The lowest BCUT2D eigenvalue weighted by molar-refractivity contribution is 0.0548. The summed E-state index contributed by atoms with van der Waals surface area (Å²) in [4.78, 5) is 13.6. The average Bonchev–Trinajstić information content (AvgIpc) is 2.41. The summed E-state index contributed by atoms with van der Waals surface area (Å²) in [5.41, 5.74) is -0.103. The van der Waals surface area contributed by atoms with Gasteiger partial charge in [0.25, 0.3) is 0 Å². The van der Waals surface area contributed by atoms with Crippen LogP contribution in [0.4, 0.5) is 4.79 Å². The van der Waals surface area contributed by atoms with E-state index in [2.05, 4.69) is 5.32 Å². The molecule has 5 heteroatoms. The molecule has 0 aliphatic carbocycles. The lowest BCUT2D eigenvalue weighted by Crippen LogP contribution is -2.48. The highest BCUT2D eigenvalue weighted by atomic mass is 16.6. The number of carbonyl (C=O) groups is 1. The van der Waals surface area contributed by atoms with Crippen LogP contribution >= 0.6 is 0 Å². The number of aliphatic hydroxyl groups excluding tert-OH is 1. The highest BCUT2D eigenvalue weighted by Crippen LogP contribution is 2.19. The van der Waals surface area contributed by atoms with Gasteiger partial charge in [0, 0.05) is 25.7 Å². The molecule has 124 valence electrons. The molecular formula is C16H32N2O3. The summed E-state index contributed by atoms with van der Waals surface area (Å²) in [6, 6.07) is 0.371. The molecule has 1 heterocycles. The molecule has 5 nitrogen and oxygen atoms in total. The van der Waals surface area contributed by atoms with Crippen LogP contribution in [0.1, 0.15) is 47.5 Å². The molecule has 21 heavy (non-hydrogen) atoms. The van der Waals surface area contributed by atoms with Gasteiger partial charge >= 0.3 is 6.09 Å². The minimum Gasteiger partial charge on any atom is -0.449 e. The Morgan fingerprint density at radius 2 is 1.90 bits per heavy atom. The fourth-order valence-electron chi connectivity index (χ4n) is 2.18. The van der Waals surface area contributed by atoms with Gasteiger partial charge in [-0.1, -0.05) is 34.6 Å². The Hall–Kier alpha value is -0.810. The fourth-order valence-corrected chi connectivity index (χ4v) is 2.18. The largest absolute Gasteiger partial charge is 0.449 e. The van der Waals surface area contributed by atoms with Gasteiger partial charge in [0.05, 0.1) is 12.7 Å². The van der Waals surface area contributed by atoms with Crippen molar-refractivity contribution in [3.63, 3.8) is 0 Å². The van der Waals surface area contributed by atoms with Crippen molar-refractivity contribution in [2.24, 2.45) is 11.3 Å². The van der Waals surface area contributed by atoms with Crippen molar-refractivity contribution >= 4 is 6.09 Å². The number of piperidine rings is 1. The Morgan fingerprint density at radius 1 is 1.33 bits per heavy atom. The van der Waals surface area contributed by atoms with E-state index in [-0.39, 0.29) is 17.6 Å². The standard InChI is InChI=1S/C16H32N2O3/c1-12(2)11-21-15(20)18-8-6-13(7-9-18)17-10-14(19)16(3,4)5/h12-14,17,19H,6-11H2,1-5H3. The van der Waals surface area contributed by atoms with Gasteiger partial charge in [0.15, 0.2) is 0 Å². The second-order valence-electron chi connectivity index (χ2n) is 7.52. The summed E-state index contributed by atoms with van der Waals surface area (Å²) in [5.74, 6) is 0.368. The van der Waals surface area contributed by atoms with Crippen molar-refractivity contribution in [1.82, 2.24) is 10.2 Å². The number of nitrogens with zero attached hydrogens (tertiary/aromatic N) is 1. The van der Waals surface area contributed by atoms with E-state index in [1.165, 1.54) is 0 Å². The molecule has 0 aromatic heterocycles. The lowest BCUT2D eigenvalue weighted by atomic mass is 9.89. The Morgan fingerprint density at radius 3 is 2.38 bits per heavy atom. The zero-order chi connectivity index (χ0) is 16.0. The van der Waals surface area contributed by atoms with Crippen molar-refractivity contribution < 1.29 is 14.6 Å². The number of ether oxygens (including phenoxy) is 1. The summed E-state index contributed by atoms with van der Waals surface area (Å²) in [6.45, 7) is 12.7. The van der Waals surface area contributed by atoms with Crippen LogP contribution in [0.2, 0.25) is 0 Å². The zero-order valence-electron chi connectivity index (χ0n) is 14.2. The van der Waals surface area contributed by atoms with Gasteiger partial charge in [-0.2, -0.15) is 0 Å². The molecule has 0 spiro atoms. The minimum absolute atomic E-state index is 0.103. The average molecular weight is 300 g/mol. The summed E-state index contributed by atoms with van der Waals surface area (Å²) in [5, 5.41) is 13.4.